The third-order valence-electron chi connectivity index (χ3n) is 7.95. The molecule has 0 spiro atoms. The maximum Gasteiger partial charge on any atom is 0.133 e. The van der Waals surface area contributed by atoms with Gasteiger partial charge in [0.15, 0.2) is 0 Å². The molecule has 148 valence electrons. The SMILES string of the molecule is CC(C)(C1OC2CCCCC2C2=C1CCCC2)[N+](C)(C)Cc1ccccc1. The van der Waals surface area contributed by atoms with Crippen molar-refractivity contribution >= 4 is 0 Å². The number of benzene rings is 1. The van der Waals surface area contributed by atoms with Gasteiger partial charge in [-0.15, -0.1) is 0 Å². The monoisotopic (exact) mass is 368 g/mol. The zero-order valence-electron chi connectivity index (χ0n) is 17.8. The number of hydrogen-bond acceptors (Lipinski definition) is 1. The molecule has 1 heterocycles. The molecule has 4 rings (SSSR count). The van der Waals surface area contributed by atoms with Crippen LogP contribution in [0.25, 0.3) is 0 Å². The molecule has 0 saturated heterocycles. The number of hydrogen-bond donors (Lipinski definition) is 0. The maximum absolute atomic E-state index is 6.98. The first-order valence-electron chi connectivity index (χ1n) is 11.1. The highest BCUT2D eigenvalue weighted by Gasteiger charge is 2.51. The average molecular weight is 369 g/mol. The van der Waals surface area contributed by atoms with E-state index in [1.807, 2.05) is 5.57 Å². The Morgan fingerprint density at radius 1 is 0.926 bits per heavy atom. The van der Waals surface area contributed by atoms with Crippen molar-refractivity contribution in [2.75, 3.05) is 14.1 Å². The fourth-order valence-electron chi connectivity index (χ4n) is 5.74. The maximum atomic E-state index is 6.98. The van der Waals surface area contributed by atoms with E-state index in [1.165, 1.54) is 56.9 Å². The summed E-state index contributed by atoms with van der Waals surface area (Å²) in [5.74, 6) is 0.728. The van der Waals surface area contributed by atoms with Crippen LogP contribution >= 0.6 is 0 Å². The molecule has 3 aliphatic rings. The molecular weight excluding hydrogens is 330 g/mol. The Morgan fingerprint density at radius 2 is 1.59 bits per heavy atom. The van der Waals surface area contributed by atoms with Gasteiger partial charge in [0, 0.05) is 11.5 Å². The van der Waals surface area contributed by atoms with Crippen molar-refractivity contribution < 1.29 is 9.22 Å². The lowest BCUT2D eigenvalue weighted by molar-refractivity contribution is -0.953. The van der Waals surface area contributed by atoms with Gasteiger partial charge in [-0.05, 0) is 57.9 Å². The fourth-order valence-corrected chi connectivity index (χ4v) is 5.74. The minimum atomic E-state index is 0.0518. The van der Waals surface area contributed by atoms with Crippen LogP contribution in [0, 0.1) is 5.92 Å². The highest BCUT2D eigenvalue weighted by atomic mass is 16.5. The first-order chi connectivity index (χ1) is 12.9. The van der Waals surface area contributed by atoms with Crippen LogP contribution in [0.4, 0.5) is 0 Å². The summed E-state index contributed by atoms with van der Waals surface area (Å²) in [6, 6.07) is 11.0. The van der Waals surface area contributed by atoms with E-state index in [4.69, 9.17) is 4.74 Å². The topological polar surface area (TPSA) is 9.23 Å². The van der Waals surface area contributed by atoms with E-state index in [0.717, 1.165) is 16.9 Å². The lowest BCUT2D eigenvalue weighted by Crippen LogP contribution is -2.64. The predicted molar refractivity (Wildman–Crippen MR) is 112 cm³/mol. The molecule has 0 N–H and O–H groups in total. The number of rotatable bonds is 4. The number of nitrogens with zero attached hydrogens (tertiary/aromatic N) is 1. The predicted octanol–water partition coefficient (Wildman–Crippen LogP) is 5.87. The summed E-state index contributed by atoms with van der Waals surface area (Å²) in [5.41, 5.74) is 4.97. The molecule has 0 radical (unpaired) electrons. The van der Waals surface area contributed by atoms with Gasteiger partial charge in [-0.1, -0.05) is 48.7 Å². The smallest absolute Gasteiger partial charge is 0.133 e. The third kappa shape index (κ3) is 3.51. The Hall–Kier alpha value is -1.12. The highest BCUT2D eigenvalue weighted by Crippen LogP contribution is 2.48. The average Bonchev–Trinajstić information content (AvgIpc) is 2.67. The molecule has 2 heteroatoms. The van der Waals surface area contributed by atoms with Crippen LogP contribution in [-0.4, -0.2) is 36.3 Å². The fraction of sp³-hybridized carbons (Fsp3) is 0.680. The summed E-state index contributed by atoms with van der Waals surface area (Å²) < 4.78 is 7.93. The summed E-state index contributed by atoms with van der Waals surface area (Å²) in [6.45, 7) is 5.94. The molecule has 1 aliphatic heterocycles. The summed E-state index contributed by atoms with van der Waals surface area (Å²) in [5, 5.41) is 0. The normalized spacial score (nSPS) is 29.3. The number of ether oxygens (including phenoxy) is 1. The van der Waals surface area contributed by atoms with E-state index in [1.54, 1.807) is 5.57 Å². The second kappa shape index (κ2) is 7.37. The van der Waals surface area contributed by atoms with Gasteiger partial charge in [0.25, 0.3) is 0 Å². The number of fused-ring (bicyclic) bond motifs is 2. The molecule has 3 atom stereocenters. The molecule has 1 saturated carbocycles. The van der Waals surface area contributed by atoms with Gasteiger partial charge in [0.1, 0.15) is 18.2 Å². The van der Waals surface area contributed by atoms with Gasteiger partial charge in [-0.3, -0.25) is 0 Å². The first-order valence-corrected chi connectivity index (χ1v) is 11.1. The van der Waals surface area contributed by atoms with Crippen LogP contribution in [0.1, 0.15) is 70.8 Å². The van der Waals surface area contributed by atoms with Crippen molar-refractivity contribution in [2.24, 2.45) is 5.92 Å². The zero-order valence-corrected chi connectivity index (χ0v) is 17.8. The van der Waals surface area contributed by atoms with E-state index in [9.17, 15) is 0 Å². The Labute approximate surface area is 166 Å². The van der Waals surface area contributed by atoms with Crippen molar-refractivity contribution in [3.05, 3.63) is 47.0 Å². The Bertz CT molecular complexity index is 688. The van der Waals surface area contributed by atoms with Crippen LogP contribution in [-0.2, 0) is 11.3 Å². The molecule has 27 heavy (non-hydrogen) atoms. The van der Waals surface area contributed by atoms with Gasteiger partial charge in [-0.25, -0.2) is 0 Å². The minimum Gasteiger partial charge on any atom is -0.363 e. The van der Waals surface area contributed by atoms with Crippen LogP contribution in [0.2, 0.25) is 0 Å². The molecule has 0 bridgehead atoms. The second-order valence-electron chi connectivity index (χ2n) is 10.2. The van der Waals surface area contributed by atoms with Crippen molar-refractivity contribution in [3.8, 4) is 0 Å². The molecule has 1 aromatic carbocycles. The lowest BCUT2D eigenvalue weighted by Gasteiger charge is -2.54. The van der Waals surface area contributed by atoms with Crippen molar-refractivity contribution in [2.45, 2.75) is 89.5 Å². The van der Waals surface area contributed by atoms with E-state index < -0.39 is 0 Å². The van der Waals surface area contributed by atoms with Crippen molar-refractivity contribution in [1.29, 1.82) is 0 Å². The molecule has 2 aliphatic carbocycles. The van der Waals surface area contributed by atoms with E-state index in [2.05, 4.69) is 58.3 Å². The van der Waals surface area contributed by atoms with Crippen LogP contribution in [0.5, 0.6) is 0 Å². The molecular formula is C25H38NO+. The van der Waals surface area contributed by atoms with E-state index in [0.29, 0.717) is 6.10 Å². The Kier molecular flexibility index (Phi) is 5.24. The van der Waals surface area contributed by atoms with Crippen LogP contribution in [0.15, 0.2) is 41.5 Å². The van der Waals surface area contributed by atoms with Gasteiger partial charge in [0.2, 0.25) is 0 Å². The standard InChI is InChI=1S/C25H38NO/c1-25(2,26(3,4)18-19-12-6-5-7-13-19)24-22-16-9-8-14-20(22)21-15-10-11-17-23(21)27-24/h5-7,12-13,21,23-24H,8-11,14-18H2,1-4H3/q+1. The molecule has 0 aromatic heterocycles. The molecule has 2 nitrogen and oxygen atoms in total. The summed E-state index contributed by atoms with van der Waals surface area (Å²) in [7, 11) is 4.79. The van der Waals surface area contributed by atoms with Crippen LogP contribution < -0.4 is 0 Å². The van der Waals surface area contributed by atoms with Gasteiger partial charge >= 0.3 is 0 Å². The van der Waals surface area contributed by atoms with Gasteiger partial charge < -0.3 is 9.22 Å². The first kappa shape index (κ1) is 19.2. The molecule has 0 amide bonds. The molecule has 1 fully saturated rings. The summed E-state index contributed by atoms with van der Waals surface area (Å²) >= 11 is 0. The second-order valence-corrected chi connectivity index (χ2v) is 10.2. The highest BCUT2D eigenvalue weighted by molar-refractivity contribution is 5.30. The van der Waals surface area contributed by atoms with Crippen molar-refractivity contribution in [3.63, 3.8) is 0 Å². The Morgan fingerprint density at radius 3 is 2.33 bits per heavy atom. The molecule has 3 unspecified atom stereocenters. The van der Waals surface area contributed by atoms with Crippen molar-refractivity contribution in [1.82, 2.24) is 0 Å². The summed E-state index contributed by atoms with van der Waals surface area (Å²) in [6.07, 6.45) is 11.4. The minimum absolute atomic E-state index is 0.0518. The third-order valence-corrected chi connectivity index (χ3v) is 7.95. The summed E-state index contributed by atoms with van der Waals surface area (Å²) in [4.78, 5) is 0. The molecule has 1 aromatic rings. The zero-order chi connectivity index (χ0) is 19.1. The largest absolute Gasteiger partial charge is 0.363 e. The lowest BCUT2D eigenvalue weighted by atomic mass is 9.69. The number of likely N-dealkylation sites (N-methyl/N-ethyl adjacent to an activating group) is 1. The number of quaternary nitrogens is 1. The quantitative estimate of drug-likeness (QED) is 0.477. The Balaban J connectivity index is 1.66. The van der Waals surface area contributed by atoms with Gasteiger partial charge in [0.05, 0.1) is 20.2 Å². The van der Waals surface area contributed by atoms with E-state index in [-0.39, 0.29) is 11.6 Å². The van der Waals surface area contributed by atoms with Crippen LogP contribution in [0.3, 0.4) is 0 Å². The van der Waals surface area contributed by atoms with E-state index >= 15 is 0 Å². The van der Waals surface area contributed by atoms with Gasteiger partial charge in [-0.2, -0.15) is 0 Å².